The van der Waals surface area contributed by atoms with Crippen LogP contribution >= 0.6 is 15.9 Å². The summed E-state index contributed by atoms with van der Waals surface area (Å²) >= 11 is 3.59. The van der Waals surface area contributed by atoms with Gasteiger partial charge in [0.15, 0.2) is 5.78 Å². The number of halogens is 1. The van der Waals surface area contributed by atoms with Gasteiger partial charge in [0.05, 0.1) is 31.1 Å². The molecule has 6 heteroatoms. The van der Waals surface area contributed by atoms with Gasteiger partial charge in [-0.15, -0.1) is 0 Å². The van der Waals surface area contributed by atoms with Crippen LogP contribution in [0, 0.1) is 0 Å². The third-order valence-electron chi connectivity index (χ3n) is 6.47. The van der Waals surface area contributed by atoms with Crippen LogP contribution in [0.15, 0.2) is 82.5 Å². The van der Waals surface area contributed by atoms with Crippen molar-refractivity contribution in [1.82, 2.24) is 0 Å². The van der Waals surface area contributed by atoms with Gasteiger partial charge in [-0.25, -0.2) is 0 Å². The van der Waals surface area contributed by atoms with Gasteiger partial charge in [-0.05, 0) is 67.3 Å². The van der Waals surface area contributed by atoms with Crippen molar-refractivity contribution in [3.63, 3.8) is 0 Å². The molecule has 0 amide bonds. The zero-order chi connectivity index (χ0) is 23.7. The predicted octanol–water partition coefficient (Wildman–Crippen LogP) is 6.84. The van der Waals surface area contributed by atoms with Gasteiger partial charge in [-0.2, -0.15) is 0 Å². The van der Waals surface area contributed by atoms with E-state index < -0.39 is 0 Å². The van der Waals surface area contributed by atoms with Crippen LogP contribution in [0.2, 0.25) is 0 Å². The Balaban J connectivity index is 1.58. The number of nitrogens with one attached hydrogen (secondary N) is 2. The number of carbonyl (C=O) groups is 1. The van der Waals surface area contributed by atoms with Crippen molar-refractivity contribution in [1.29, 1.82) is 0 Å². The van der Waals surface area contributed by atoms with Crippen molar-refractivity contribution in [2.75, 3.05) is 24.4 Å². The van der Waals surface area contributed by atoms with Crippen LogP contribution in [0.1, 0.15) is 42.9 Å². The summed E-state index contributed by atoms with van der Waals surface area (Å²) in [5.41, 5.74) is 5.72. The number of methoxy groups -OCH3 is 1. The van der Waals surface area contributed by atoms with Crippen LogP contribution in [0.25, 0.3) is 0 Å². The largest absolute Gasteiger partial charge is 0.496 e. The molecule has 0 aromatic heterocycles. The smallest absolute Gasteiger partial charge is 0.163 e. The second-order valence-corrected chi connectivity index (χ2v) is 9.47. The van der Waals surface area contributed by atoms with Crippen LogP contribution in [-0.4, -0.2) is 19.5 Å². The second kappa shape index (κ2) is 9.55. The van der Waals surface area contributed by atoms with Crippen molar-refractivity contribution < 1.29 is 14.3 Å². The van der Waals surface area contributed by atoms with E-state index in [1.165, 1.54) is 0 Å². The van der Waals surface area contributed by atoms with Gasteiger partial charge in [0.1, 0.15) is 11.5 Å². The van der Waals surface area contributed by atoms with Gasteiger partial charge in [-0.1, -0.05) is 40.2 Å². The number of Topliss-reactive ketones (excluding diaryl/α,β-unsaturated/α-hetero) is 1. The molecule has 5 rings (SSSR count). The molecule has 1 heterocycles. The summed E-state index contributed by atoms with van der Waals surface area (Å²) in [4.78, 5) is 13.7. The van der Waals surface area contributed by atoms with Crippen LogP contribution in [0.3, 0.4) is 0 Å². The van der Waals surface area contributed by atoms with Gasteiger partial charge >= 0.3 is 0 Å². The number of rotatable bonds is 5. The third-order valence-corrected chi connectivity index (χ3v) is 6.97. The number of allylic oxidation sites excluding steroid dienone is 1. The standard InChI is InChI=1S/C28H27BrN2O3/c1-3-34-20-11-8-17(9-12-20)18-14-24-27(25(32)15-18)28(21-16-19(29)10-13-26(21)33-2)31-23-7-5-4-6-22(23)30-24/h4-13,16,18,28,30-31H,3,14-15H2,1-2H3. The van der Waals surface area contributed by atoms with E-state index in [2.05, 4.69) is 38.7 Å². The summed E-state index contributed by atoms with van der Waals surface area (Å²) in [5, 5.41) is 7.22. The molecule has 2 N–H and O–H groups in total. The molecular formula is C28H27BrN2O3. The van der Waals surface area contributed by atoms with Crippen LogP contribution < -0.4 is 20.1 Å². The normalized spacial score (nSPS) is 19.3. The Hall–Kier alpha value is -3.25. The average Bonchev–Trinajstić information content (AvgIpc) is 3.01. The molecule has 2 atom stereocenters. The highest BCUT2D eigenvalue weighted by Gasteiger charge is 2.37. The topological polar surface area (TPSA) is 59.6 Å². The van der Waals surface area contributed by atoms with Gasteiger partial charge in [0.25, 0.3) is 0 Å². The summed E-state index contributed by atoms with van der Waals surface area (Å²) < 4.78 is 12.2. The van der Waals surface area contributed by atoms with Crippen molar-refractivity contribution in [3.05, 3.63) is 93.6 Å². The molecule has 174 valence electrons. The van der Waals surface area contributed by atoms with Gasteiger partial charge in [0.2, 0.25) is 0 Å². The van der Waals surface area contributed by atoms with Crippen LogP contribution in [0.4, 0.5) is 11.4 Å². The average molecular weight is 519 g/mol. The lowest BCUT2D eigenvalue weighted by Crippen LogP contribution is -2.27. The molecule has 34 heavy (non-hydrogen) atoms. The van der Waals surface area contributed by atoms with Crippen molar-refractivity contribution in [2.24, 2.45) is 0 Å². The quantitative estimate of drug-likeness (QED) is 0.387. The molecule has 3 aromatic carbocycles. The third kappa shape index (κ3) is 4.30. The fraction of sp³-hybridized carbons (Fsp3) is 0.250. The first-order chi connectivity index (χ1) is 16.6. The predicted molar refractivity (Wildman–Crippen MR) is 139 cm³/mol. The van der Waals surface area contributed by atoms with E-state index in [1.54, 1.807) is 7.11 Å². The van der Waals surface area contributed by atoms with Crippen LogP contribution in [0.5, 0.6) is 11.5 Å². The van der Waals surface area contributed by atoms with E-state index in [9.17, 15) is 4.79 Å². The Morgan fingerprint density at radius 1 is 1.00 bits per heavy atom. The fourth-order valence-corrected chi connectivity index (χ4v) is 5.27. The van der Waals surface area contributed by atoms with Crippen molar-refractivity contribution in [3.8, 4) is 11.5 Å². The number of hydrogen-bond donors (Lipinski definition) is 2. The molecule has 2 aliphatic rings. The van der Waals surface area contributed by atoms with E-state index >= 15 is 0 Å². The first-order valence-electron chi connectivity index (χ1n) is 11.5. The molecule has 2 unspecified atom stereocenters. The van der Waals surface area contributed by atoms with Gasteiger partial charge in [0, 0.05) is 27.7 Å². The van der Waals surface area contributed by atoms with Gasteiger partial charge < -0.3 is 20.1 Å². The number of ketones is 1. The number of benzene rings is 3. The molecule has 0 fully saturated rings. The Kier molecular flexibility index (Phi) is 6.33. The highest BCUT2D eigenvalue weighted by atomic mass is 79.9. The van der Waals surface area contributed by atoms with Crippen molar-refractivity contribution >= 4 is 33.1 Å². The summed E-state index contributed by atoms with van der Waals surface area (Å²) in [6.07, 6.45) is 1.21. The molecule has 0 saturated carbocycles. The lowest BCUT2D eigenvalue weighted by molar-refractivity contribution is -0.116. The maximum absolute atomic E-state index is 13.7. The first-order valence-corrected chi connectivity index (χ1v) is 12.3. The minimum atomic E-state index is -0.326. The minimum absolute atomic E-state index is 0.102. The SMILES string of the molecule is CCOc1ccc(C2CC(=O)C3=C(C2)Nc2ccccc2NC3c2cc(Br)ccc2OC)cc1. The minimum Gasteiger partial charge on any atom is -0.496 e. The van der Waals surface area contributed by atoms with E-state index in [-0.39, 0.29) is 17.7 Å². The van der Waals surface area contributed by atoms with E-state index in [0.29, 0.717) is 13.0 Å². The summed E-state index contributed by atoms with van der Waals surface area (Å²) in [5.74, 6) is 1.83. The summed E-state index contributed by atoms with van der Waals surface area (Å²) in [7, 11) is 1.66. The molecule has 3 aromatic rings. The molecule has 1 aliphatic carbocycles. The number of hydrogen-bond acceptors (Lipinski definition) is 5. The molecule has 1 aliphatic heterocycles. The lowest BCUT2D eigenvalue weighted by Gasteiger charge is -2.30. The van der Waals surface area contributed by atoms with Crippen molar-refractivity contribution in [2.45, 2.75) is 31.7 Å². The molecular weight excluding hydrogens is 492 g/mol. The molecule has 0 saturated heterocycles. The monoisotopic (exact) mass is 518 g/mol. The Morgan fingerprint density at radius 3 is 2.50 bits per heavy atom. The van der Waals surface area contributed by atoms with E-state index in [1.807, 2.05) is 61.5 Å². The number of fused-ring (bicyclic) bond motifs is 1. The molecule has 0 bridgehead atoms. The van der Waals surface area contributed by atoms with Crippen LogP contribution in [-0.2, 0) is 4.79 Å². The van der Waals surface area contributed by atoms with E-state index in [0.717, 1.165) is 56.2 Å². The Morgan fingerprint density at radius 2 is 1.76 bits per heavy atom. The maximum atomic E-state index is 13.7. The van der Waals surface area contributed by atoms with E-state index in [4.69, 9.17) is 9.47 Å². The molecule has 0 radical (unpaired) electrons. The highest BCUT2D eigenvalue weighted by Crippen LogP contribution is 2.46. The maximum Gasteiger partial charge on any atom is 0.163 e. The zero-order valence-corrected chi connectivity index (χ0v) is 20.8. The summed E-state index contributed by atoms with van der Waals surface area (Å²) in [6.45, 7) is 2.61. The number of anilines is 2. The number of para-hydroxylation sites is 2. The lowest BCUT2D eigenvalue weighted by atomic mass is 9.78. The molecule has 0 spiro atoms. The summed E-state index contributed by atoms with van der Waals surface area (Å²) in [6, 6.07) is 21.8. The Bertz CT molecular complexity index is 1250. The Labute approximate surface area is 208 Å². The second-order valence-electron chi connectivity index (χ2n) is 8.56. The molecule has 5 nitrogen and oxygen atoms in total. The fourth-order valence-electron chi connectivity index (χ4n) is 4.90. The zero-order valence-electron chi connectivity index (χ0n) is 19.2. The highest BCUT2D eigenvalue weighted by molar-refractivity contribution is 9.10. The first kappa shape index (κ1) is 22.5. The van der Waals surface area contributed by atoms with Gasteiger partial charge in [-0.3, -0.25) is 4.79 Å². The number of ether oxygens (including phenoxy) is 2. The number of carbonyl (C=O) groups excluding carboxylic acids is 1.